The molecular weight excluding hydrogens is 286 g/mol. The Morgan fingerprint density at radius 1 is 1.35 bits per heavy atom. The summed E-state index contributed by atoms with van der Waals surface area (Å²) in [4.78, 5) is 33.6. The van der Waals surface area contributed by atoms with Gasteiger partial charge in [-0.1, -0.05) is 6.42 Å². The number of hydrogen-bond donors (Lipinski definition) is 4. The average molecular weight is 307 g/mol. The van der Waals surface area contributed by atoms with Gasteiger partial charge in [0.15, 0.2) is 0 Å². The molecule has 0 spiro atoms. The highest BCUT2D eigenvalue weighted by Gasteiger charge is 2.24. The second-order valence-corrected chi connectivity index (χ2v) is 5.01. The van der Waals surface area contributed by atoms with Crippen LogP contribution in [0.2, 0.25) is 0 Å². The number of rotatable bonds is 9. The number of thioether (sulfide) groups is 1. The van der Waals surface area contributed by atoms with E-state index in [9.17, 15) is 14.4 Å². The third kappa shape index (κ3) is 7.97. The number of hydrogen-bond acceptors (Lipinski definition) is 7. The Morgan fingerprint density at radius 2 is 2.00 bits per heavy atom. The number of carbonyl (C=O) groups is 3. The monoisotopic (exact) mass is 307 g/mol. The van der Waals surface area contributed by atoms with E-state index in [-0.39, 0.29) is 5.75 Å². The number of carbonyl (C=O) groups excluding carboxylic acids is 2. The van der Waals surface area contributed by atoms with Gasteiger partial charge in [0, 0.05) is 5.75 Å². The van der Waals surface area contributed by atoms with Crippen molar-refractivity contribution in [2.24, 2.45) is 11.5 Å². The molecule has 0 aromatic rings. The Bertz CT molecular complexity index is 340. The number of methoxy groups -OCH3 is 1. The van der Waals surface area contributed by atoms with Gasteiger partial charge < -0.3 is 26.6 Å². The zero-order valence-electron chi connectivity index (χ0n) is 11.3. The lowest BCUT2D eigenvalue weighted by Crippen LogP contribution is -2.49. The first-order valence-electron chi connectivity index (χ1n) is 6.12. The SMILES string of the molecule is COC(=O)SCC(NC(=O)C(N)CCCCN)C(=O)O. The lowest BCUT2D eigenvalue weighted by Gasteiger charge is -2.17. The van der Waals surface area contributed by atoms with E-state index in [0.717, 1.165) is 6.42 Å². The molecule has 0 fully saturated rings. The molecule has 20 heavy (non-hydrogen) atoms. The lowest BCUT2D eigenvalue weighted by atomic mass is 10.1. The normalized spacial score (nSPS) is 13.3. The topological polar surface area (TPSA) is 145 Å². The Morgan fingerprint density at radius 3 is 2.50 bits per heavy atom. The van der Waals surface area contributed by atoms with E-state index >= 15 is 0 Å². The molecule has 0 aromatic carbocycles. The molecule has 0 bridgehead atoms. The summed E-state index contributed by atoms with van der Waals surface area (Å²) in [5.74, 6) is -1.91. The van der Waals surface area contributed by atoms with Gasteiger partial charge in [0.2, 0.25) is 5.91 Å². The third-order valence-electron chi connectivity index (χ3n) is 2.46. The van der Waals surface area contributed by atoms with Crippen molar-refractivity contribution in [3.05, 3.63) is 0 Å². The summed E-state index contributed by atoms with van der Waals surface area (Å²) < 4.78 is 4.38. The van der Waals surface area contributed by atoms with Crippen molar-refractivity contribution in [2.75, 3.05) is 19.4 Å². The largest absolute Gasteiger partial charge is 0.480 e. The van der Waals surface area contributed by atoms with Crippen LogP contribution >= 0.6 is 11.8 Å². The van der Waals surface area contributed by atoms with Gasteiger partial charge in [-0.15, -0.1) is 0 Å². The van der Waals surface area contributed by atoms with Crippen LogP contribution < -0.4 is 16.8 Å². The Kier molecular flexibility index (Phi) is 9.77. The molecule has 0 saturated carbocycles. The van der Waals surface area contributed by atoms with E-state index in [0.29, 0.717) is 31.1 Å². The van der Waals surface area contributed by atoms with Gasteiger partial charge in [0.25, 0.3) is 0 Å². The summed E-state index contributed by atoms with van der Waals surface area (Å²) in [7, 11) is 1.19. The lowest BCUT2D eigenvalue weighted by molar-refractivity contribution is -0.141. The summed E-state index contributed by atoms with van der Waals surface area (Å²) in [5.41, 5.74) is 11.0. The van der Waals surface area contributed by atoms with Crippen LogP contribution in [-0.4, -0.2) is 53.8 Å². The Balaban J connectivity index is 4.25. The first-order chi connectivity index (χ1) is 9.42. The molecule has 0 saturated heterocycles. The first kappa shape index (κ1) is 18.7. The number of carboxylic acid groups (broad SMARTS) is 1. The maximum Gasteiger partial charge on any atom is 0.367 e. The summed E-state index contributed by atoms with van der Waals surface area (Å²) in [6, 6.07) is -1.97. The first-order valence-corrected chi connectivity index (χ1v) is 7.10. The van der Waals surface area contributed by atoms with Crippen LogP contribution in [0.3, 0.4) is 0 Å². The van der Waals surface area contributed by atoms with Crippen molar-refractivity contribution >= 4 is 28.9 Å². The fraction of sp³-hybridized carbons (Fsp3) is 0.727. The molecule has 0 aromatic heterocycles. The third-order valence-corrected chi connectivity index (χ3v) is 3.36. The van der Waals surface area contributed by atoms with Crippen molar-refractivity contribution in [1.82, 2.24) is 5.32 Å². The van der Waals surface area contributed by atoms with Crippen LogP contribution in [0.5, 0.6) is 0 Å². The predicted octanol–water partition coefficient (Wildman–Crippen LogP) is -0.488. The standard InChI is InChI=1S/C11H21N3O5S/c1-19-11(18)20-6-8(10(16)17)14-9(15)7(13)4-2-3-5-12/h7-8H,2-6,12-13H2,1H3,(H,14,15)(H,16,17). The second-order valence-electron chi connectivity index (χ2n) is 4.06. The number of unbranched alkanes of at least 4 members (excludes halogenated alkanes) is 1. The fourth-order valence-corrected chi connectivity index (χ4v) is 1.95. The Hall–Kier alpha value is -1.32. The minimum Gasteiger partial charge on any atom is -0.480 e. The van der Waals surface area contributed by atoms with Crippen LogP contribution in [0.25, 0.3) is 0 Å². The highest BCUT2D eigenvalue weighted by molar-refractivity contribution is 8.13. The number of nitrogens with one attached hydrogen (secondary N) is 1. The summed E-state index contributed by atoms with van der Waals surface area (Å²) in [5, 5.41) is 10.7. The molecule has 0 aliphatic carbocycles. The number of carboxylic acids is 1. The van der Waals surface area contributed by atoms with Crippen molar-refractivity contribution in [2.45, 2.75) is 31.3 Å². The van der Waals surface area contributed by atoms with Gasteiger partial charge in [-0.25, -0.2) is 9.59 Å². The zero-order valence-corrected chi connectivity index (χ0v) is 12.1. The highest BCUT2D eigenvalue weighted by atomic mass is 32.2. The van der Waals surface area contributed by atoms with E-state index < -0.39 is 29.3 Å². The molecule has 8 nitrogen and oxygen atoms in total. The van der Waals surface area contributed by atoms with Crippen LogP contribution in [0.4, 0.5) is 4.79 Å². The van der Waals surface area contributed by atoms with Crippen molar-refractivity contribution in [3.63, 3.8) is 0 Å². The molecule has 0 heterocycles. The average Bonchev–Trinajstić information content (AvgIpc) is 2.42. The van der Waals surface area contributed by atoms with Crippen LogP contribution in [0.1, 0.15) is 19.3 Å². The molecule has 0 rings (SSSR count). The molecular formula is C11H21N3O5S. The molecule has 1 amide bonds. The fourth-order valence-electron chi connectivity index (χ4n) is 1.30. The quantitative estimate of drug-likeness (QED) is 0.330. The van der Waals surface area contributed by atoms with E-state index in [1.54, 1.807) is 0 Å². The number of aliphatic carboxylic acids is 1. The Labute approximate surface area is 121 Å². The van der Waals surface area contributed by atoms with Gasteiger partial charge in [0.05, 0.1) is 13.2 Å². The molecule has 0 aliphatic heterocycles. The van der Waals surface area contributed by atoms with Gasteiger partial charge in [-0.3, -0.25) is 4.79 Å². The number of ether oxygens (including phenoxy) is 1. The number of amides is 1. The number of nitrogens with two attached hydrogens (primary N) is 2. The maximum absolute atomic E-state index is 11.7. The van der Waals surface area contributed by atoms with Crippen LogP contribution in [0.15, 0.2) is 0 Å². The van der Waals surface area contributed by atoms with E-state index in [2.05, 4.69) is 10.1 Å². The zero-order chi connectivity index (χ0) is 15.5. The van der Waals surface area contributed by atoms with Crippen LogP contribution in [-0.2, 0) is 14.3 Å². The predicted molar refractivity (Wildman–Crippen MR) is 75.3 cm³/mol. The highest BCUT2D eigenvalue weighted by Crippen LogP contribution is 2.07. The van der Waals surface area contributed by atoms with E-state index in [1.165, 1.54) is 7.11 Å². The minimum atomic E-state index is -1.23. The van der Waals surface area contributed by atoms with Gasteiger partial charge in [-0.05, 0) is 31.1 Å². The summed E-state index contributed by atoms with van der Waals surface area (Å²) in [6.07, 6.45) is 1.88. The smallest absolute Gasteiger partial charge is 0.367 e. The van der Waals surface area contributed by atoms with Crippen molar-refractivity contribution < 1.29 is 24.2 Å². The molecule has 116 valence electrons. The molecule has 0 radical (unpaired) electrons. The minimum absolute atomic E-state index is 0.122. The molecule has 2 unspecified atom stereocenters. The van der Waals surface area contributed by atoms with E-state index in [1.807, 2.05) is 0 Å². The van der Waals surface area contributed by atoms with Crippen LogP contribution in [0, 0.1) is 0 Å². The molecule has 0 aliphatic rings. The van der Waals surface area contributed by atoms with Crippen molar-refractivity contribution in [1.29, 1.82) is 0 Å². The maximum atomic E-state index is 11.7. The second kappa shape index (κ2) is 10.5. The molecule has 9 heteroatoms. The van der Waals surface area contributed by atoms with E-state index in [4.69, 9.17) is 16.6 Å². The van der Waals surface area contributed by atoms with Gasteiger partial charge in [0.1, 0.15) is 6.04 Å². The van der Waals surface area contributed by atoms with Gasteiger partial charge in [-0.2, -0.15) is 0 Å². The van der Waals surface area contributed by atoms with Crippen molar-refractivity contribution in [3.8, 4) is 0 Å². The summed E-state index contributed by atoms with van der Waals surface area (Å²) >= 11 is 0.674. The summed E-state index contributed by atoms with van der Waals surface area (Å²) in [6.45, 7) is 0.516. The molecule has 2 atom stereocenters. The molecule has 6 N–H and O–H groups in total. The van der Waals surface area contributed by atoms with Gasteiger partial charge >= 0.3 is 11.3 Å².